The van der Waals surface area contributed by atoms with Crippen molar-refractivity contribution in [3.63, 3.8) is 0 Å². The van der Waals surface area contributed by atoms with Crippen molar-refractivity contribution in [1.29, 1.82) is 0 Å². The van der Waals surface area contributed by atoms with Gasteiger partial charge >= 0.3 is 0 Å². The predicted molar refractivity (Wildman–Crippen MR) is 137 cm³/mol. The minimum Gasteiger partial charge on any atom is -0.497 e. The van der Waals surface area contributed by atoms with Crippen LogP contribution in [0.3, 0.4) is 0 Å². The summed E-state index contributed by atoms with van der Waals surface area (Å²) in [6.45, 7) is 4.81. The van der Waals surface area contributed by atoms with Gasteiger partial charge in [0.05, 0.1) is 12.8 Å². The standard InChI is InChI=1S/C28H31N3O4/c1-4-29-27(33)19(2)31(18-20-9-5-12-22(17-20)35-3)25(32)15-8-16-30-24-14-7-11-21-10-6-13-23(26(21)24)28(30)34/h5-7,9-14,17,19H,4,8,15-16,18H2,1-3H3,(H,29,33)/t19-/m0/s1. The Hall–Kier alpha value is -3.87. The fraction of sp³-hybridized carbons (Fsp3) is 0.321. The molecule has 1 atom stereocenters. The highest BCUT2D eigenvalue weighted by molar-refractivity contribution is 6.25. The van der Waals surface area contributed by atoms with Gasteiger partial charge < -0.3 is 19.9 Å². The van der Waals surface area contributed by atoms with E-state index in [1.807, 2.05) is 67.6 Å². The molecule has 1 aliphatic heterocycles. The molecular weight excluding hydrogens is 442 g/mol. The number of rotatable bonds is 10. The number of ether oxygens (including phenoxy) is 1. The van der Waals surface area contributed by atoms with Crippen LogP contribution < -0.4 is 15.0 Å². The van der Waals surface area contributed by atoms with E-state index < -0.39 is 6.04 Å². The fourth-order valence-corrected chi connectivity index (χ4v) is 4.61. The zero-order valence-corrected chi connectivity index (χ0v) is 20.4. The van der Waals surface area contributed by atoms with Gasteiger partial charge in [-0.3, -0.25) is 14.4 Å². The number of hydrogen-bond acceptors (Lipinski definition) is 4. The van der Waals surface area contributed by atoms with E-state index in [4.69, 9.17) is 4.74 Å². The van der Waals surface area contributed by atoms with Gasteiger partial charge in [-0.25, -0.2) is 0 Å². The number of carbonyl (C=O) groups is 3. The van der Waals surface area contributed by atoms with Gasteiger partial charge in [-0.1, -0.05) is 36.4 Å². The maximum Gasteiger partial charge on any atom is 0.258 e. The van der Waals surface area contributed by atoms with Crippen molar-refractivity contribution in [2.75, 3.05) is 25.1 Å². The first kappa shape index (κ1) is 24.3. The van der Waals surface area contributed by atoms with Crippen molar-refractivity contribution in [1.82, 2.24) is 10.2 Å². The molecule has 0 saturated heterocycles. The molecule has 0 aliphatic carbocycles. The van der Waals surface area contributed by atoms with E-state index >= 15 is 0 Å². The summed E-state index contributed by atoms with van der Waals surface area (Å²) < 4.78 is 5.31. The van der Waals surface area contributed by atoms with E-state index in [1.165, 1.54) is 0 Å². The first-order chi connectivity index (χ1) is 16.9. The predicted octanol–water partition coefficient (Wildman–Crippen LogP) is 4.14. The van der Waals surface area contributed by atoms with Gasteiger partial charge in [0.1, 0.15) is 11.8 Å². The third-order valence-corrected chi connectivity index (χ3v) is 6.43. The summed E-state index contributed by atoms with van der Waals surface area (Å²) in [7, 11) is 1.60. The second kappa shape index (κ2) is 10.6. The van der Waals surface area contributed by atoms with Crippen molar-refractivity contribution < 1.29 is 19.1 Å². The number of methoxy groups -OCH3 is 1. The van der Waals surface area contributed by atoms with E-state index in [9.17, 15) is 14.4 Å². The van der Waals surface area contributed by atoms with Crippen molar-refractivity contribution in [2.24, 2.45) is 0 Å². The molecule has 0 spiro atoms. The Balaban J connectivity index is 1.46. The molecule has 0 aromatic heterocycles. The lowest BCUT2D eigenvalue weighted by molar-refractivity contribution is -0.140. The zero-order valence-electron chi connectivity index (χ0n) is 20.4. The molecule has 182 valence electrons. The molecule has 1 N–H and O–H groups in total. The van der Waals surface area contributed by atoms with Crippen LogP contribution in [0, 0.1) is 0 Å². The molecule has 0 radical (unpaired) electrons. The third kappa shape index (κ3) is 4.99. The average Bonchev–Trinajstić information content (AvgIpc) is 3.15. The minimum absolute atomic E-state index is 0.0341. The van der Waals surface area contributed by atoms with E-state index in [2.05, 4.69) is 5.32 Å². The molecule has 0 fully saturated rings. The van der Waals surface area contributed by atoms with Crippen LogP contribution in [0.4, 0.5) is 5.69 Å². The van der Waals surface area contributed by atoms with E-state index in [-0.39, 0.29) is 24.1 Å². The number of nitrogens with one attached hydrogen (secondary N) is 1. The van der Waals surface area contributed by atoms with Crippen LogP contribution in [0.1, 0.15) is 42.6 Å². The Bertz CT molecular complexity index is 1250. The largest absolute Gasteiger partial charge is 0.497 e. The Kier molecular flexibility index (Phi) is 7.34. The van der Waals surface area contributed by atoms with Gasteiger partial charge in [-0.05, 0) is 55.5 Å². The Morgan fingerprint density at radius 2 is 1.83 bits per heavy atom. The zero-order chi connectivity index (χ0) is 24.9. The van der Waals surface area contributed by atoms with E-state index in [1.54, 1.807) is 23.8 Å². The summed E-state index contributed by atoms with van der Waals surface area (Å²) in [5, 5.41) is 4.81. The molecule has 4 rings (SSSR count). The maximum absolute atomic E-state index is 13.3. The molecule has 1 heterocycles. The Morgan fingerprint density at radius 3 is 2.57 bits per heavy atom. The number of carbonyl (C=O) groups excluding carboxylic acids is 3. The quantitative estimate of drug-likeness (QED) is 0.480. The van der Waals surface area contributed by atoms with Gasteiger partial charge in [0.25, 0.3) is 5.91 Å². The number of amides is 3. The summed E-state index contributed by atoms with van der Waals surface area (Å²) in [5.41, 5.74) is 2.47. The summed E-state index contributed by atoms with van der Waals surface area (Å²) in [6, 6.07) is 18.5. The molecule has 35 heavy (non-hydrogen) atoms. The highest BCUT2D eigenvalue weighted by atomic mass is 16.5. The van der Waals surface area contributed by atoms with Gasteiger partial charge in [0.15, 0.2) is 0 Å². The van der Waals surface area contributed by atoms with Crippen LogP contribution in [-0.2, 0) is 16.1 Å². The first-order valence-corrected chi connectivity index (χ1v) is 12.0. The molecule has 3 aromatic rings. The highest BCUT2D eigenvalue weighted by Gasteiger charge is 2.30. The number of hydrogen-bond donors (Lipinski definition) is 1. The lowest BCUT2D eigenvalue weighted by atomic mass is 10.1. The summed E-state index contributed by atoms with van der Waals surface area (Å²) in [6.07, 6.45) is 0.718. The lowest BCUT2D eigenvalue weighted by Gasteiger charge is -2.29. The smallest absolute Gasteiger partial charge is 0.258 e. The lowest BCUT2D eigenvalue weighted by Crippen LogP contribution is -2.47. The van der Waals surface area contributed by atoms with Crippen molar-refractivity contribution in [3.05, 3.63) is 71.8 Å². The highest BCUT2D eigenvalue weighted by Crippen LogP contribution is 2.37. The van der Waals surface area contributed by atoms with Crippen LogP contribution in [0.25, 0.3) is 10.8 Å². The third-order valence-electron chi connectivity index (χ3n) is 6.43. The molecule has 3 amide bonds. The summed E-state index contributed by atoms with van der Waals surface area (Å²) >= 11 is 0. The Morgan fingerprint density at radius 1 is 1.09 bits per heavy atom. The minimum atomic E-state index is -0.625. The molecule has 1 aliphatic rings. The SMILES string of the molecule is CCNC(=O)[C@H](C)N(Cc1cccc(OC)c1)C(=O)CCCN1C(=O)c2cccc3cccc1c23. The van der Waals surface area contributed by atoms with Gasteiger partial charge in [-0.2, -0.15) is 0 Å². The number of anilines is 1. The van der Waals surface area contributed by atoms with Crippen LogP contribution in [0.15, 0.2) is 60.7 Å². The molecule has 7 heteroatoms. The molecule has 0 saturated carbocycles. The monoisotopic (exact) mass is 473 g/mol. The molecule has 7 nitrogen and oxygen atoms in total. The maximum atomic E-state index is 13.3. The molecule has 0 unspecified atom stereocenters. The number of benzene rings is 3. The van der Waals surface area contributed by atoms with Crippen LogP contribution in [0.2, 0.25) is 0 Å². The molecular formula is C28H31N3O4. The van der Waals surface area contributed by atoms with Crippen molar-refractivity contribution >= 4 is 34.2 Å². The molecule has 3 aromatic carbocycles. The first-order valence-electron chi connectivity index (χ1n) is 12.0. The average molecular weight is 474 g/mol. The fourth-order valence-electron chi connectivity index (χ4n) is 4.61. The second-order valence-electron chi connectivity index (χ2n) is 8.68. The van der Waals surface area contributed by atoms with E-state index in [0.29, 0.717) is 37.4 Å². The van der Waals surface area contributed by atoms with Crippen LogP contribution >= 0.6 is 0 Å². The van der Waals surface area contributed by atoms with Crippen molar-refractivity contribution in [3.8, 4) is 5.75 Å². The number of nitrogens with zero attached hydrogens (tertiary/aromatic N) is 2. The summed E-state index contributed by atoms with van der Waals surface area (Å²) in [5.74, 6) is 0.338. The van der Waals surface area contributed by atoms with Gasteiger partial charge in [-0.15, -0.1) is 0 Å². The summed E-state index contributed by atoms with van der Waals surface area (Å²) in [4.78, 5) is 42.3. The van der Waals surface area contributed by atoms with Crippen LogP contribution in [0.5, 0.6) is 5.75 Å². The van der Waals surface area contributed by atoms with E-state index in [0.717, 1.165) is 22.0 Å². The normalized spacial score (nSPS) is 13.1. The van der Waals surface area contributed by atoms with Gasteiger partial charge in [0, 0.05) is 37.0 Å². The second-order valence-corrected chi connectivity index (χ2v) is 8.68. The molecule has 0 bridgehead atoms. The topological polar surface area (TPSA) is 79.0 Å². The van der Waals surface area contributed by atoms with Crippen LogP contribution in [-0.4, -0.2) is 48.9 Å². The van der Waals surface area contributed by atoms with Crippen molar-refractivity contribution in [2.45, 2.75) is 39.3 Å². The van der Waals surface area contributed by atoms with Gasteiger partial charge in [0.2, 0.25) is 11.8 Å². The Labute approximate surface area is 205 Å². The number of likely N-dealkylation sites (N-methyl/N-ethyl adjacent to an activating group) is 1.